The molecule has 62 valence electrons. The van der Waals surface area contributed by atoms with Gasteiger partial charge in [-0.3, -0.25) is 0 Å². The van der Waals surface area contributed by atoms with Crippen LogP contribution in [-0.4, -0.2) is 0 Å². The van der Waals surface area contributed by atoms with Gasteiger partial charge in [0.25, 0.3) is 0 Å². The van der Waals surface area contributed by atoms with Crippen molar-refractivity contribution in [2.24, 2.45) is 23.7 Å². The topological polar surface area (TPSA) is 0 Å². The molecule has 4 atom stereocenters. The predicted octanol–water partition coefficient (Wildman–Crippen LogP) is 2.96. The molecule has 0 aromatic rings. The highest BCUT2D eigenvalue weighted by Crippen LogP contribution is 2.63. The van der Waals surface area contributed by atoms with E-state index in [1.165, 1.54) is 25.7 Å². The molecule has 0 radical (unpaired) electrons. The van der Waals surface area contributed by atoms with Crippen LogP contribution in [0.4, 0.5) is 0 Å². The van der Waals surface area contributed by atoms with E-state index in [0.717, 1.165) is 23.7 Å². The minimum Gasteiger partial charge on any atom is -0.0459 e. The quantitative estimate of drug-likeness (QED) is 0.289. The Morgan fingerprint density at radius 1 is 0.833 bits per heavy atom. The van der Waals surface area contributed by atoms with E-state index in [1.807, 2.05) is 11.1 Å². The molecule has 4 aliphatic rings. The lowest BCUT2D eigenvalue weighted by Gasteiger charge is -2.18. The van der Waals surface area contributed by atoms with Crippen molar-refractivity contribution >= 4 is 0 Å². The molecule has 0 amide bonds. The van der Waals surface area contributed by atoms with E-state index in [4.69, 9.17) is 0 Å². The van der Waals surface area contributed by atoms with Crippen molar-refractivity contribution in [3.8, 4) is 0 Å². The Labute approximate surface area is 74.0 Å². The van der Waals surface area contributed by atoms with Gasteiger partial charge >= 0.3 is 0 Å². The largest absolute Gasteiger partial charge is 0.120 e. The molecule has 0 saturated heterocycles. The summed E-state index contributed by atoms with van der Waals surface area (Å²) in [5.41, 5.74) is 3.89. The summed E-state index contributed by atoms with van der Waals surface area (Å²) in [5, 5.41) is 0. The Balaban J connectivity index is 1.90. The highest BCUT2D eigenvalue weighted by atomic mass is 14.6. The van der Waals surface area contributed by atoms with Crippen LogP contribution >= 0.6 is 0 Å². The van der Waals surface area contributed by atoms with Crippen LogP contribution < -0.4 is 0 Å². The fourth-order valence-corrected chi connectivity index (χ4v) is 4.40. The average Bonchev–Trinajstić information content (AvgIpc) is 2.83. The highest BCUT2D eigenvalue weighted by Gasteiger charge is 2.56. The molecule has 0 heterocycles. The van der Waals surface area contributed by atoms with Crippen molar-refractivity contribution in [2.45, 2.75) is 32.1 Å². The van der Waals surface area contributed by atoms with Crippen molar-refractivity contribution in [1.29, 1.82) is 0 Å². The maximum absolute atomic E-state index is 2.66. The molecule has 0 heteroatoms. The maximum Gasteiger partial charge on any atom is 0.120 e. The van der Waals surface area contributed by atoms with E-state index in [2.05, 4.69) is 6.42 Å². The predicted molar refractivity (Wildman–Crippen MR) is 48.4 cm³/mol. The van der Waals surface area contributed by atoms with Gasteiger partial charge in [0, 0.05) is 0 Å². The van der Waals surface area contributed by atoms with Gasteiger partial charge in [-0.2, -0.15) is 0 Å². The summed E-state index contributed by atoms with van der Waals surface area (Å²) in [6.07, 6.45) is 10.3. The van der Waals surface area contributed by atoms with Crippen molar-refractivity contribution in [2.75, 3.05) is 0 Å². The lowest BCUT2D eigenvalue weighted by atomic mass is 9.82. The second-order valence-electron chi connectivity index (χ2n) is 5.10. The Morgan fingerprint density at radius 2 is 1.42 bits per heavy atom. The van der Waals surface area contributed by atoms with Gasteiger partial charge in [0.1, 0.15) is 11.8 Å². The summed E-state index contributed by atoms with van der Waals surface area (Å²) in [5.74, 6) is 4.02. The van der Waals surface area contributed by atoms with Gasteiger partial charge in [0.15, 0.2) is 0 Å². The van der Waals surface area contributed by atoms with Gasteiger partial charge in [-0.15, -0.1) is 0 Å². The SMILES string of the molecule is [CH+]1[C@@H]2CC[C@H]1C1=C2[C@@H]2CC[C@H]1C2. The molecule has 0 aromatic carbocycles. The number of fused-ring (bicyclic) bond motifs is 8. The summed E-state index contributed by atoms with van der Waals surface area (Å²) in [6, 6.07) is 0. The normalized spacial score (nSPS) is 53.3. The molecule has 4 bridgehead atoms. The molecule has 0 aliphatic heterocycles. The summed E-state index contributed by atoms with van der Waals surface area (Å²) in [4.78, 5) is 0. The first-order valence-electron chi connectivity index (χ1n) is 5.52. The molecule has 0 aromatic heterocycles. The Hall–Kier alpha value is -0.390. The molecule has 0 nitrogen and oxygen atoms in total. The molecule has 4 rings (SSSR count). The zero-order chi connectivity index (χ0) is 7.71. The maximum atomic E-state index is 2.66. The lowest BCUT2D eigenvalue weighted by Crippen LogP contribution is -2.10. The number of hydrogen-bond acceptors (Lipinski definition) is 0. The Morgan fingerprint density at radius 3 is 2.00 bits per heavy atom. The number of hydrogen-bond donors (Lipinski definition) is 0. The molecule has 2 fully saturated rings. The summed E-state index contributed by atoms with van der Waals surface area (Å²) < 4.78 is 0. The van der Waals surface area contributed by atoms with Crippen LogP contribution in [0.2, 0.25) is 0 Å². The van der Waals surface area contributed by atoms with E-state index in [1.54, 1.807) is 6.42 Å². The third-order valence-corrected chi connectivity index (χ3v) is 4.70. The minimum absolute atomic E-state index is 0.959. The Kier molecular flexibility index (Phi) is 0.897. The van der Waals surface area contributed by atoms with Crippen molar-refractivity contribution in [3.05, 3.63) is 17.6 Å². The van der Waals surface area contributed by atoms with Crippen LogP contribution in [0.5, 0.6) is 0 Å². The van der Waals surface area contributed by atoms with Gasteiger partial charge in [0.2, 0.25) is 0 Å². The monoisotopic (exact) mass is 159 g/mol. The second kappa shape index (κ2) is 1.76. The standard InChI is InChI=1S/C12H15/c1-2-8-5-7(1)11-9-3-4-10(6-9)12(8)11/h5,7-10H,1-4,6H2/q+1/t7-,8+,9+,10-. The van der Waals surface area contributed by atoms with E-state index in [9.17, 15) is 0 Å². The van der Waals surface area contributed by atoms with Crippen LogP contribution in [0.25, 0.3) is 0 Å². The van der Waals surface area contributed by atoms with E-state index >= 15 is 0 Å². The third kappa shape index (κ3) is 0.504. The van der Waals surface area contributed by atoms with Crippen LogP contribution in [0.1, 0.15) is 32.1 Å². The molecular formula is C12H15+. The van der Waals surface area contributed by atoms with Crippen molar-refractivity contribution in [3.63, 3.8) is 0 Å². The summed E-state index contributed by atoms with van der Waals surface area (Å²) in [6.45, 7) is 0. The van der Waals surface area contributed by atoms with Gasteiger partial charge in [-0.05, 0) is 55.1 Å². The fourth-order valence-electron chi connectivity index (χ4n) is 4.40. The molecular weight excluding hydrogens is 144 g/mol. The summed E-state index contributed by atoms with van der Waals surface area (Å²) in [7, 11) is 0. The zero-order valence-corrected chi connectivity index (χ0v) is 7.42. The first-order chi connectivity index (χ1) is 5.93. The molecule has 12 heavy (non-hydrogen) atoms. The van der Waals surface area contributed by atoms with Crippen LogP contribution in [0.3, 0.4) is 0 Å². The van der Waals surface area contributed by atoms with Gasteiger partial charge in [-0.1, -0.05) is 0 Å². The van der Waals surface area contributed by atoms with E-state index < -0.39 is 0 Å². The number of rotatable bonds is 0. The van der Waals surface area contributed by atoms with Gasteiger partial charge < -0.3 is 0 Å². The summed E-state index contributed by atoms with van der Waals surface area (Å²) >= 11 is 0. The van der Waals surface area contributed by atoms with E-state index in [-0.39, 0.29) is 0 Å². The molecule has 2 saturated carbocycles. The van der Waals surface area contributed by atoms with Crippen LogP contribution in [0.15, 0.2) is 11.1 Å². The number of allylic oxidation sites excluding steroid dienone is 2. The third-order valence-electron chi connectivity index (χ3n) is 4.70. The fraction of sp³-hybridized carbons (Fsp3) is 0.750. The van der Waals surface area contributed by atoms with Crippen molar-refractivity contribution < 1.29 is 0 Å². The van der Waals surface area contributed by atoms with Crippen LogP contribution in [-0.2, 0) is 0 Å². The van der Waals surface area contributed by atoms with Crippen molar-refractivity contribution in [1.82, 2.24) is 0 Å². The van der Waals surface area contributed by atoms with Crippen LogP contribution in [0, 0.1) is 30.1 Å². The average molecular weight is 159 g/mol. The zero-order valence-electron chi connectivity index (χ0n) is 7.42. The molecule has 0 N–H and O–H groups in total. The second-order valence-corrected chi connectivity index (χ2v) is 5.10. The van der Waals surface area contributed by atoms with Gasteiger partial charge in [0.05, 0.1) is 6.42 Å². The first kappa shape index (κ1) is 6.12. The van der Waals surface area contributed by atoms with E-state index in [0.29, 0.717) is 0 Å². The first-order valence-corrected chi connectivity index (χ1v) is 5.52. The van der Waals surface area contributed by atoms with Gasteiger partial charge in [-0.25, -0.2) is 0 Å². The minimum atomic E-state index is 0.959. The Bertz CT molecular complexity index is 222. The lowest BCUT2D eigenvalue weighted by molar-refractivity contribution is 0.530. The smallest absolute Gasteiger partial charge is 0.0459 e. The molecule has 4 aliphatic carbocycles. The molecule has 0 spiro atoms. The molecule has 0 unspecified atom stereocenters. The highest BCUT2D eigenvalue weighted by molar-refractivity contribution is 5.43.